The third kappa shape index (κ3) is 2.64. The second-order valence-electron chi connectivity index (χ2n) is 4.48. The van der Waals surface area contributed by atoms with Crippen molar-refractivity contribution in [2.45, 2.75) is 13.8 Å². The molecule has 0 aliphatic carbocycles. The monoisotopic (exact) mass is 232 g/mol. The fourth-order valence-corrected chi connectivity index (χ4v) is 1.87. The van der Waals surface area contributed by atoms with Gasteiger partial charge in [-0.15, -0.1) is 0 Å². The van der Waals surface area contributed by atoms with Crippen molar-refractivity contribution < 1.29 is 9.59 Å². The highest BCUT2D eigenvalue weighted by molar-refractivity contribution is 5.94. The molecule has 1 heterocycles. The molecule has 0 radical (unpaired) electrons. The normalized spacial score (nSPS) is 15.3. The van der Waals surface area contributed by atoms with E-state index in [4.69, 9.17) is 0 Å². The summed E-state index contributed by atoms with van der Waals surface area (Å²) in [5.74, 6) is -0.0443. The molecule has 4 nitrogen and oxygen atoms in total. The first-order valence-electron chi connectivity index (χ1n) is 5.69. The molecule has 0 bridgehead atoms. The quantitative estimate of drug-likeness (QED) is 0.838. The van der Waals surface area contributed by atoms with Crippen molar-refractivity contribution in [2.24, 2.45) is 5.92 Å². The number of carbonyl (C=O) groups excluding carboxylic acids is 2. The summed E-state index contributed by atoms with van der Waals surface area (Å²) in [6.45, 7) is 4.57. The van der Waals surface area contributed by atoms with Crippen LogP contribution in [0.15, 0.2) is 24.3 Å². The summed E-state index contributed by atoms with van der Waals surface area (Å²) in [5.41, 5.74) is 1.93. The van der Waals surface area contributed by atoms with Gasteiger partial charge in [0.2, 0.25) is 11.8 Å². The molecule has 1 fully saturated rings. The van der Waals surface area contributed by atoms with Crippen molar-refractivity contribution in [1.82, 2.24) is 4.90 Å². The van der Waals surface area contributed by atoms with Crippen LogP contribution >= 0.6 is 0 Å². The van der Waals surface area contributed by atoms with E-state index in [1.54, 1.807) is 4.90 Å². The third-order valence-electron chi connectivity index (χ3n) is 2.98. The number of nitrogens with zero attached hydrogens (tertiary/aromatic N) is 1. The van der Waals surface area contributed by atoms with Gasteiger partial charge in [0.15, 0.2) is 0 Å². The van der Waals surface area contributed by atoms with Crippen LogP contribution in [0.4, 0.5) is 5.69 Å². The molecule has 0 spiro atoms. The summed E-state index contributed by atoms with van der Waals surface area (Å²) >= 11 is 0. The van der Waals surface area contributed by atoms with E-state index in [9.17, 15) is 9.59 Å². The first-order chi connectivity index (χ1) is 8.06. The smallest absolute Gasteiger partial charge is 0.231 e. The summed E-state index contributed by atoms with van der Waals surface area (Å²) in [5, 5.41) is 2.87. The summed E-state index contributed by atoms with van der Waals surface area (Å²) in [7, 11) is 0. The lowest BCUT2D eigenvalue weighted by atomic mass is 9.99. The topological polar surface area (TPSA) is 49.4 Å². The predicted octanol–water partition coefficient (Wildman–Crippen LogP) is 1.41. The van der Waals surface area contributed by atoms with Gasteiger partial charge in [-0.3, -0.25) is 9.59 Å². The van der Waals surface area contributed by atoms with Crippen molar-refractivity contribution in [3.05, 3.63) is 29.8 Å². The Balaban J connectivity index is 1.89. The minimum absolute atomic E-state index is 0.00639. The van der Waals surface area contributed by atoms with Crippen molar-refractivity contribution in [1.29, 1.82) is 0 Å². The number of rotatable bonds is 2. The molecule has 1 N–H and O–H groups in total. The molecule has 0 unspecified atom stereocenters. The second kappa shape index (κ2) is 4.57. The highest BCUT2D eigenvalue weighted by Crippen LogP contribution is 2.18. The summed E-state index contributed by atoms with van der Waals surface area (Å²) in [6.07, 6.45) is 0. The molecule has 1 saturated heterocycles. The van der Waals surface area contributed by atoms with E-state index < -0.39 is 0 Å². The maximum absolute atomic E-state index is 11.8. The number of aryl methyl sites for hydroxylation is 1. The van der Waals surface area contributed by atoms with Gasteiger partial charge in [0, 0.05) is 25.7 Å². The van der Waals surface area contributed by atoms with Crippen LogP contribution in [-0.4, -0.2) is 29.8 Å². The Hall–Kier alpha value is -1.84. The van der Waals surface area contributed by atoms with Gasteiger partial charge in [-0.1, -0.05) is 12.1 Å². The maximum atomic E-state index is 11.8. The molecular formula is C13H16N2O2. The van der Waals surface area contributed by atoms with Crippen LogP contribution in [-0.2, 0) is 9.59 Å². The number of hydrogen-bond acceptors (Lipinski definition) is 2. The maximum Gasteiger partial charge on any atom is 0.231 e. The van der Waals surface area contributed by atoms with Crippen LogP contribution in [0.5, 0.6) is 0 Å². The molecule has 1 aliphatic heterocycles. The van der Waals surface area contributed by atoms with Crippen molar-refractivity contribution in [3.8, 4) is 0 Å². The fourth-order valence-electron chi connectivity index (χ4n) is 1.87. The van der Waals surface area contributed by atoms with E-state index in [1.807, 2.05) is 31.2 Å². The van der Waals surface area contributed by atoms with E-state index in [0.717, 1.165) is 11.3 Å². The second-order valence-corrected chi connectivity index (χ2v) is 4.48. The lowest BCUT2D eigenvalue weighted by molar-refractivity contribution is -0.139. The lowest BCUT2D eigenvalue weighted by Crippen LogP contribution is -2.53. The van der Waals surface area contributed by atoms with Gasteiger partial charge in [0.05, 0.1) is 5.92 Å². The van der Waals surface area contributed by atoms with E-state index in [2.05, 4.69) is 5.32 Å². The van der Waals surface area contributed by atoms with Crippen molar-refractivity contribution >= 4 is 17.5 Å². The Labute approximate surface area is 101 Å². The number of nitrogens with one attached hydrogen (secondary N) is 1. The van der Waals surface area contributed by atoms with Crippen LogP contribution < -0.4 is 5.32 Å². The standard InChI is InChI=1S/C13H16N2O2/c1-9-4-3-5-12(6-9)14-13(17)11-7-15(8-11)10(2)16/h3-6,11H,7-8H2,1-2H3,(H,14,17). The minimum atomic E-state index is -0.0700. The molecule has 2 rings (SSSR count). The Morgan fingerprint density at radius 3 is 2.65 bits per heavy atom. The van der Waals surface area contributed by atoms with Gasteiger partial charge >= 0.3 is 0 Å². The molecule has 0 atom stereocenters. The number of anilines is 1. The first kappa shape index (κ1) is 11.6. The number of carbonyl (C=O) groups is 2. The summed E-state index contributed by atoms with van der Waals surface area (Å²) < 4.78 is 0. The third-order valence-corrected chi connectivity index (χ3v) is 2.98. The Morgan fingerprint density at radius 1 is 1.35 bits per heavy atom. The van der Waals surface area contributed by atoms with Crippen molar-refractivity contribution in [3.63, 3.8) is 0 Å². The van der Waals surface area contributed by atoms with Crippen molar-refractivity contribution in [2.75, 3.05) is 18.4 Å². The van der Waals surface area contributed by atoms with Crippen LogP contribution in [0.3, 0.4) is 0 Å². The summed E-state index contributed by atoms with van der Waals surface area (Å²) in [4.78, 5) is 24.5. The van der Waals surface area contributed by atoms with Gasteiger partial charge in [0.1, 0.15) is 0 Å². The Bertz CT molecular complexity index is 450. The molecular weight excluding hydrogens is 216 g/mol. The van der Waals surface area contributed by atoms with Crippen LogP contribution in [0.1, 0.15) is 12.5 Å². The molecule has 90 valence electrons. The average molecular weight is 232 g/mol. The molecule has 1 aromatic rings. The highest BCUT2D eigenvalue weighted by Gasteiger charge is 2.33. The van der Waals surface area contributed by atoms with E-state index >= 15 is 0 Å². The molecule has 0 saturated carbocycles. The zero-order chi connectivity index (χ0) is 12.4. The fraction of sp³-hybridized carbons (Fsp3) is 0.385. The molecule has 1 aromatic carbocycles. The number of hydrogen-bond donors (Lipinski definition) is 1. The van der Waals surface area contributed by atoms with Gasteiger partial charge in [-0.2, -0.15) is 0 Å². The molecule has 0 aromatic heterocycles. The predicted molar refractivity (Wildman–Crippen MR) is 65.6 cm³/mol. The molecule has 4 heteroatoms. The SMILES string of the molecule is CC(=O)N1CC(C(=O)Nc2cccc(C)c2)C1. The average Bonchev–Trinajstić information content (AvgIpc) is 2.13. The van der Waals surface area contributed by atoms with Gasteiger partial charge in [0.25, 0.3) is 0 Å². The van der Waals surface area contributed by atoms with E-state index in [1.165, 1.54) is 6.92 Å². The zero-order valence-electron chi connectivity index (χ0n) is 10.1. The lowest BCUT2D eigenvalue weighted by Gasteiger charge is -2.37. The number of benzene rings is 1. The van der Waals surface area contributed by atoms with Crippen LogP contribution in [0.25, 0.3) is 0 Å². The van der Waals surface area contributed by atoms with Crippen LogP contribution in [0.2, 0.25) is 0 Å². The highest BCUT2D eigenvalue weighted by atomic mass is 16.2. The number of amides is 2. The largest absolute Gasteiger partial charge is 0.341 e. The van der Waals surface area contributed by atoms with E-state index in [-0.39, 0.29) is 17.7 Å². The first-order valence-corrected chi connectivity index (χ1v) is 5.69. The Kier molecular flexibility index (Phi) is 3.13. The number of likely N-dealkylation sites (tertiary alicyclic amines) is 1. The van der Waals surface area contributed by atoms with Gasteiger partial charge < -0.3 is 10.2 Å². The minimum Gasteiger partial charge on any atom is -0.341 e. The van der Waals surface area contributed by atoms with Gasteiger partial charge in [-0.05, 0) is 24.6 Å². The Morgan fingerprint density at radius 2 is 2.06 bits per heavy atom. The van der Waals surface area contributed by atoms with Gasteiger partial charge in [-0.25, -0.2) is 0 Å². The van der Waals surface area contributed by atoms with E-state index in [0.29, 0.717) is 13.1 Å². The summed E-state index contributed by atoms with van der Waals surface area (Å²) in [6, 6.07) is 7.69. The molecule has 1 aliphatic rings. The molecule has 17 heavy (non-hydrogen) atoms. The van der Waals surface area contributed by atoms with Crippen LogP contribution in [0, 0.1) is 12.8 Å². The molecule has 2 amide bonds. The zero-order valence-corrected chi connectivity index (χ0v) is 10.1.